The van der Waals surface area contributed by atoms with Gasteiger partial charge in [-0.2, -0.15) is 0 Å². The minimum Gasteiger partial charge on any atom is -0.459 e. The maximum atomic E-state index is 12.9. The summed E-state index contributed by atoms with van der Waals surface area (Å²) in [5.74, 6) is 0.728. The van der Waals surface area contributed by atoms with E-state index < -0.39 is 0 Å². The molecule has 0 aliphatic carbocycles. The number of hydrogen-bond acceptors (Lipinski definition) is 6. The van der Waals surface area contributed by atoms with Crippen LogP contribution in [0.1, 0.15) is 39.6 Å². The second-order valence-corrected chi connectivity index (χ2v) is 6.95. The molecule has 0 unspecified atom stereocenters. The van der Waals surface area contributed by atoms with Gasteiger partial charge >= 0.3 is 0 Å². The predicted octanol–water partition coefficient (Wildman–Crippen LogP) is 1.58. The number of piperazine rings is 1. The van der Waals surface area contributed by atoms with Crippen LogP contribution in [0.2, 0.25) is 0 Å². The van der Waals surface area contributed by atoms with Crippen molar-refractivity contribution >= 4 is 17.8 Å². The number of aromatic nitrogens is 2. The molecule has 8 nitrogen and oxygen atoms in total. The maximum absolute atomic E-state index is 12.9. The predicted molar refractivity (Wildman–Crippen MR) is 98.7 cm³/mol. The smallest absolute Gasteiger partial charge is 0.289 e. The van der Waals surface area contributed by atoms with E-state index >= 15 is 0 Å². The van der Waals surface area contributed by atoms with Gasteiger partial charge < -0.3 is 19.1 Å². The van der Waals surface area contributed by atoms with Crippen molar-refractivity contribution in [1.82, 2.24) is 19.8 Å². The third-order valence-corrected chi connectivity index (χ3v) is 5.04. The van der Waals surface area contributed by atoms with Gasteiger partial charge in [0.15, 0.2) is 5.76 Å². The van der Waals surface area contributed by atoms with Crippen LogP contribution in [-0.4, -0.2) is 70.9 Å². The molecule has 0 saturated carbocycles. The van der Waals surface area contributed by atoms with Crippen molar-refractivity contribution in [1.29, 1.82) is 0 Å². The lowest BCUT2D eigenvalue weighted by Crippen LogP contribution is -2.50. The molecule has 8 heteroatoms. The van der Waals surface area contributed by atoms with Gasteiger partial charge in [0, 0.05) is 45.0 Å². The molecule has 2 amide bonds. The molecule has 0 spiro atoms. The SMILES string of the molecule is Cc1cc(C(=O)N2CCN(C(=O)c3ccco3)CC2)nc(N2CCCC2)n1. The molecule has 0 atom stereocenters. The first-order valence-electron chi connectivity index (χ1n) is 9.34. The zero-order valence-corrected chi connectivity index (χ0v) is 15.4. The van der Waals surface area contributed by atoms with Gasteiger partial charge in [-0.25, -0.2) is 9.97 Å². The molecule has 0 bridgehead atoms. The summed E-state index contributed by atoms with van der Waals surface area (Å²) in [6, 6.07) is 5.09. The molecule has 4 heterocycles. The molecule has 0 radical (unpaired) electrons. The largest absolute Gasteiger partial charge is 0.459 e. The summed E-state index contributed by atoms with van der Waals surface area (Å²) in [6.07, 6.45) is 3.75. The summed E-state index contributed by atoms with van der Waals surface area (Å²) in [5.41, 5.74) is 1.22. The van der Waals surface area contributed by atoms with Crippen LogP contribution in [0, 0.1) is 6.92 Å². The Morgan fingerprint density at radius 2 is 1.63 bits per heavy atom. The first kappa shape index (κ1) is 17.5. The van der Waals surface area contributed by atoms with E-state index in [0.29, 0.717) is 43.6 Å². The minimum atomic E-state index is -0.138. The van der Waals surface area contributed by atoms with Gasteiger partial charge in [0.1, 0.15) is 5.69 Å². The molecular formula is C19H23N5O3. The van der Waals surface area contributed by atoms with Gasteiger partial charge in [-0.15, -0.1) is 0 Å². The number of furan rings is 1. The van der Waals surface area contributed by atoms with E-state index in [4.69, 9.17) is 4.42 Å². The monoisotopic (exact) mass is 369 g/mol. The normalized spacial score (nSPS) is 17.4. The van der Waals surface area contributed by atoms with Crippen molar-refractivity contribution in [2.75, 3.05) is 44.2 Å². The molecule has 2 aliphatic rings. The maximum Gasteiger partial charge on any atom is 0.289 e. The Bertz CT molecular complexity index is 822. The Morgan fingerprint density at radius 3 is 2.26 bits per heavy atom. The lowest BCUT2D eigenvalue weighted by atomic mass is 10.2. The Labute approximate surface area is 157 Å². The van der Waals surface area contributed by atoms with Crippen LogP contribution >= 0.6 is 0 Å². The van der Waals surface area contributed by atoms with Crippen molar-refractivity contribution in [2.24, 2.45) is 0 Å². The van der Waals surface area contributed by atoms with Crippen LogP contribution in [0.3, 0.4) is 0 Å². The van der Waals surface area contributed by atoms with E-state index in [0.717, 1.165) is 31.6 Å². The van der Waals surface area contributed by atoms with Gasteiger partial charge in [-0.3, -0.25) is 9.59 Å². The molecule has 2 saturated heterocycles. The number of nitrogens with zero attached hydrogens (tertiary/aromatic N) is 5. The quantitative estimate of drug-likeness (QED) is 0.817. The van der Waals surface area contributed by atoms with Crippen molar-refractivity contribution in [3.05, 3.63) is 41.6 Å². The fourth-order valence-corrected chi connectivity index (χ4v) is 3.55. The van der Waals surface area contributed by atoms with E-state index in [-0.39, 0.29) is 11.8 Å². The van der Waals surface area contributed by atoms with Crippen LogP contribution in [-0.2, 0) is 0 Å². The van der Waals surface area contributed by atoms with Gasteiger partial charge in [0.2, 0.25) is 5.95 Å². The summed E-state index contributed by atoms with van der Waals surface area (Å²) in [4.78, 5) is 39.9. The van der Waals surface area contributed by atoms with E-state index in [2.05, 4.69) is 14.9 Å². The molecular weight excluding hydrogens is 346 g/mol. The van der Waals surface area contributed by atoms with Gasteiger partial charge in [0.05, 0.1) is 6.26 Å². The lowest BCUT2D eigenvalue weighted by molar-refractivity contribution is 0.0515. The van der Waals surface area contributed by atoms with Crippen molar-refractivity contribution in [3.63, 3.8) is 0 Å². The standard InChI is InChI=1S/C19H23N5O3/c1-14-13-15(21-19(20-14)24-6-2-3-7-24)17(25)22-8-10-23(11-9-22)18(26)16-5-4-12-27-16/h4-5,12-13H,2-3,6-11H2,1H3. The average molecular weight is 369 g/mol. The van der Waals surface area contributed by atoms with Crippen molar-refractivity contribution in [2.45, 2.75) is 19.8 Å². The average Bonchev–Trinajstić information content (AvgIpc) is 3.40. The molecule has 2 aromatic heterocycles. The number of amides is 2. The highest BCUT2D eigenvalue weighted by Crippen LogP contribution is 2.18. The van der Waals surface area contributed by atoms with Gasteiger partial charge in [-0.1, -0.05) is 0 Å². The molecule has 2 fully saturated rings. The fraction of sp³-hybridized carbons (Fsp3) is 0.474. The summed E-state index contributed by atoms with van der Waals surface area (Å²) in [5, 5.41) is 0. The highest BCUT2D eigenvalue weighted by Gasteiger charge is 2.28. The van der Waals surface area contributed by atoms with Crippen LogP contribution < -0.4 is 4.90 Å². The summed E-state index contributed by atoms with van der Waals surface area (Å²) in [6.45, 7) is 5.68. The minimum absolute atomic E-state index is 0.106. The number of carbonyl (C=O) groups is 2. The number of carbonyl (C=O) groups excluding carboxylic acids is 2. The van der Waals surface area contributed by atoms with Crippen LogP contribution in [0.4, 0.5) is 5.95 Å². The van der Waals surface area contributed by atoms with E-state index in [1.165, 1.54) is 6.26 Å². The molecule has 27 heavy (non-hydrogen) atoms. The number of anilines is 1. The Balaban J connectivity index is 1.43. The zero-order valence-electron chi connectivity index (χ0n) is 15.4. The Morgan fingerprint density at radius 1 is 0.963 bits per heavy atom. The molecule has 2 aromatic rings. The fourth-order valence-electron chi connectivity index (χ4n) is 3.55. The summed E-state index contributed by atoms with van der Waals surface area (Å²) >= 11 is 0. The van der Waals surface area contributed by atoms with Gasteiger partial charge in [0.25, 0.3) is 11.8 Å². The Kier molecular flexibility index (Phi) is 4.79. The molecule has 142 valence electrons. The van der Waals surface area contributed by atoms with E-state index in [9.17, 15) is 9.59 Å². The lowest BCUT2D eigenvalue weighted by Gasteiger charge is -2.34. The van der Waals surface area contributed by atoms with E-state index in [1.54, 1.807) is 28.0 Å². The third kappa shape index (κ3) is 3.65. The first-order valence-corrected chi connectivity index (χ1v) is 9.34. The van der Waals surface area contributed by atoms with Crippen molar-refractivity contribution < 1.29 is 14.0 Å². The van der Waals surface area contributed by atoms with Crippen LogP contribution in [0.25, 0.3) is 0 Å². The molecule has 0 aromatic carbocycles. The number of hydrogen-bond donors (Lipinski definition) is 0. The first-order chi connectivity index (χ1) is 13.1. The zero-order chi connectivity index (χ0) is 18.8. The van der Waals surface area contributed by atoms with Crippen molar-refractivity contribution in [3.8, 4) is 0 Å². The molecule has 2 aliphatic heterocycles. The second-order valence-electron chi connectivity index (χ2n) is 6.95. The summed E-state index contributed by atoms with van der Waals surface area (Å²) in [7, 11) is 0. The topological polar surface area (TPSA) is 82.8 Å². The number of rotatable bonds is 3. The molecule has 0 N–H and O–H groups in total. The Hall–Kier alpha value is -2.90. The number of aryl methyl sites for hydroxylation is 1. The second kappa shape index (κ2) is 7.38. The highest BCUT2D eigenvalue weighted by atomic mass is 16.3. The summed E-state index contributed by atoms with van der Waals surface area (Å²) < 4.78 is 5.17. The third-order valence-electron chi connectivity index (χ3n) is 5.04. The highest BCUT2D eigenvalue weighted by molar-refractivity contribution is 5.94. The van der Waals surface area contributed by atoms with Crippen LogP contribution in [0.5, 0.6) is 0 Å². The van der Waals surface area contributed by atoms with Gasteiger partial charge in [-0.05, 0) is 38.0 Å². The molecule has 4 rings (SSSR count). The van der Waals surface area contributed by atoms with E-state index in [1.807, 2.05) is 6.92 Å². The van der Waals surface area contributed by atoms with Crippen LogP contribution in [0.15, 0.2) is 28.9 Å².